The average Bonchev–Trinajstić information content (AvgIpc) is 3.35. The van der Waals surface area contributed by atoms with Gasteiger partial charge in [-0.25, -0.2) is 9.59 Å². The van der Waals surface area contributed by atoms with Crippen LogP contribution in [0.5, 0.6) is 11.5 Å². The largest absolute Gasteiger partial charge is 0.493 e. The van der Waals surface area contributed by atoms with E-state index in [0.717, 1.165) is 18.1 Å². The van der Waals surface area contributed by atoms with Crippen LogP contribution in [-0.4, -0.2) is 113 Å². The molecule has 0 radical (unpaired) electrons. The van der Waals surface area contributed by atoms with Gasteiger partial charge in [-0.1, -0.05) is 6.07 Å². The molecule has 7 atom stereocenters. The van der Waals surface area contributed by atoms with Crippen molar-refractivity contribution in [2.24, 2.45) is 0 Å². The van der Waals surface area contributed by atoms with E-state index in [1.54, 1.807) is 12.1 Å². The summed E-state index contributed by atoms with van der Waals surface area (Å²) >= 11 is 0. The fraction of sp³-hybridized carbons (Fsp3) is 0.581. The van der Waals surface area contributed by atoms with E-state index in [1.165, 1.54) is 14.0 Å². The van der Waals surface area contributed by atoms with E-state index in [1.807, 2.05) is 13.1 Å². The van der Waals surface area contributed by atoms with Crippen LogP contribution in [0.4, 0.5) is 0 Å². The lowest BCUT2D eigenvalue weighted by molar-refractivity contribution is -0.179. The average molecular weight is 647 g/mol. The number of hydrogen-bond donors (Lipinski definition) is 4. The fourth-order valence-electron chi connectivity index (χ4n) is 7.04. The van der Waals surface area contributed by atoms with Crippen molar-refractivity contribution in [3.63, 3.8) is 0 Å². The number of likely N-dealkylation sites (tertiary alicyclic amines) is 1. The molecule has 4 N–H and O–H groups in total. The van der Waals surface area contributed by atoms with Gasteiger partial charge in [0.05, 0.1) is 31.0 Å². The van der Waals surface area contributed by atoms with Crippen LogP contribution in [0.1, 0.15) is 50.7 Å². The van der Waals surface area contributed by atoms with Crippen LogP contribution < -0.4 is 14.8 Å². The quantitative estimate of drug-likeness (QED) is 0.170. The zero-order chi connectivity index (χ0) is 33.6. The zero-order valence-electron chi connectivity index (χ0n) is 25.9. The van der Waals surface area contributed by atoms with Crippen molar-refractivity contribution in [2.75, 3.05) is 27.2 Å². The molecule has 1 aromatic carbocycles. The van der Waals surface area contributed by atoms with Crippen molar-refractivity contribution >= 4 is 29.8 Å². The highest BCUT2D eigenvalue weighted by Crippen LogP contribution is 2.65. The number of carboxylic acid groups (broad SMARTS) is 1. The number of nitrogens with zero attached hydrogens (tertiary/aromatic N) is 1. The number of carbonyl (C=O) groups excluding carboxylic acids is 4. The lowest BCUT2D eigenvalue weighted by Gasteiger charge is -2.61. The third kappa shape index (κ3) is 5.56. The first kappa shape index (κ1) is 33.2. The van der Waals surface area contributed by atoms with Crippen LogP contribution in [0.3, 0.4) is 0 Å². The van der Waals surface area contributed by atoms with Crippen LogP contribution >= 0.6 is 0 Å². The number of nitrogens with one attached hydrogen (secondary N) is 1. The molecule has 0 unspecified atom stereocenters. The molecule has 2 heterocycles. The number of aliphatic hydroxyl groups is 2. The summed E-state index contributed by atoms with van der Waals surface area (Å²) in [6.45, 7) is 2.74. The zero-order valence-corrected chi connectivity index (χ0v) is 25.9. The first-order valence-corrected chi connectivity index (χ1v) is 15.0. The van der Waals surface area contributed by atoms with Gasteiger partial charge in [-0.05, 0) is 58.0 Å². The summed E-state index contributed by atoms with van der Waals surface area (Å²) < 4.78 is 27.8. The highest BCUT2D eigenvalue weighted by Gasteiger charge is 2.72. The van der Waals surface area contributed by atoms with Gasteiger partial charge in [0.15, 0.2) is 23.7 Å². The van der Waals surface area contributed by atoms with E-state index in [0.29, 0.717) is 30.9 Å². The minimum atomic E-state index is -1.87. The Morgan fingerprint density at radius 1 is 1.15 bits per heavy atom. The maximum atomic E-state index is 13.3. The molecule has 15 heteroatoms. The molecule has 0 aromatic heterocycles. The second-order valence-electron chi connectivity index (χ2n) is 12.1. The van der Waals surface area contributed by atoms with Gasteiger partial charge >= 0.3 is 23.9 Å². The maximum Gasteiger partial charge on any atom is 0.348 e. The number of hydrogen-bond acceptors (Lipinski definition) is 13. The number of ether oxygens (including phenoxy) is 5. The third-order valence-corrected chi connectivity index (χ3v) is 9.33. The SMILES string of the molecule is COc1ccc2c3c1O[C@H]1C(OC(=O)C[C@H](OC(=O)CCNC(=O)[C@H](C)O)C(=O)O[C@@H](C)C(=O)O)=CC[C@@]4(O)[C@@H](C2)N(C)CC[C@]314. The van der Waals surface area contributed by atoms with Crippen molar-refractivity contribution in [1.82, 2.24) is 10.2 Å². The summed E-state index contributed by atoms with van der Waals surface area (Å²) in [5.74, 6) is -4.43. The predicted octanol–water partition coefficient (Wildman–Crippen LogP) is -0.279. The fourth-order valence-corrected chi connectivity index (χ4v) is 7.04. The van der Waals surface area contributed by atoms with Gasteiger partial charge in [0.25, 0.3) is 0 Å². The van der Waals surface area contributed by atoms with Crippen molar-refractivity contribution in [3.8, 4) is 11.5 Å². The number of benzene rings is 1. The number of aliphatic hydroxyl groups excluding tert-OH is 1. The van der Waals surface area contributed by atoms with Gasteiger partial charge in [0.2, 0.25) is 12.0 Å². The Morgan fingerprint density at radius 2 is 1.89 bits per heavy atom. The minimum Gasteiger partial charge on any atom is -0.493 e. The molecule has 2 aliphatic heterocycles. The van der Waals surface area contributed by atoms with Crippen molar-refractivity contribution in [3.05, 3.63) is 35.1 Å². The van der Waals surface area contributed by atoms with Gasteiger partial charge in [-0.3, -0.25) is 14.4 Å². The van der Waals surface area contributed by atoms with Crippen molar-refractivity contribution < 1.29 is 63.0 Å². The van der Waals surface area contributed by atoms with Crippen molar-refractivity contribution in [2.45, 2.75) is 87.4 Å². The summed E-state index contributed by atoms with van der Waals surface area (Å²) in [6, 6.07) is 3.53. The molecule has 1 saturated heterocycles. The van der Waals surface area contributed by atoms with Gasteiger partial charge in [0, 0.05) is 24.6 Å². The van der Waals surface area contributed by atoms with Crippen LogP contribution in [0.25, 0.3) is 0 Å². The number of rotatable bonds is 12. The number of carboxylic acids is 1. The molecular formula is C31H38N2O13. The smallest absolute Gasteiger partial charge is 0.348 e. The third-order valence-electron chi connectivity index (χ3n) is 9.33. The number of carbonyl (C=O) groups is 5. The predicted molar refractivity (Wildman–Crippen MR) is 155 cm³/mol. The van der Waals surface area contributed by atoms with Crippen molar-refractivity contribution in [1.29, 1.82) is 0 Å². The summed E-state index contributed by atoms with van der Waals surface area (Å²) in [5, 5.41) is 33.1. The summed E-state index contributed by atoms with van der Waals surface area (Å²) in [6.07, 6.45) is -4.13. The number of likely N-dealkylation sites (N-methyl/N-ethyl adjacent to an activating group) is 1. The number of esters is 3. The molecule has 5 rings (SSSR count). The Labute approximate surface area is 264 Å². The van der Waals surface area contributed by atoms with Crippen LogP contribution in [0.15, 0.2) is 24.0 Å². The Morgan fingerprint density at radius 3 is 2.57 bits per heavy atom. The lowest BCUT2D eigenvalue weighted by atomic mass is 9.50. The number of amides is 1. The Kier molecular flexibility index (Phi) is 9.03. The highest BCUT2D eigenvalue weighted by atomic mass is 16.6. The molecule has 1 spiro atoms. The second-order valence-corrected chi connectivity index (χ2v) is 12.1. The van der Waals surface area contributed by atoms with E-state index < -0.39 is 78.1 Å². The molecule has 15 nitrogen and oxygen atoms in total. The maximum absolute atomic E-state index is 13.3. The first-order chi connectivity index (χ1) is 21.7. The molecule has 250 valence electrons. The first-order valence-electron chi connectivity index (χ1n) is 15.0. The molecule has 4 aliphatic rings. The normalized spacial score (nSPS) is 27.5. The van der Waals surface area contributed by atoms with E-state index >= 15 is 0 Å². The Hall–Kier alpha value is -4.21. The number of piperidine rings is 1. The molecule has 2 aliphatic carbocycles. The van der Waals surface area contributed by atoms with E-state index in [2.05, 4.69) is 10.2 Å². The van der Waals surface area contributed by atoms with Crippen LogP contribution in [0, 0.1) is 0 Å². The van der Waals surface area contributed by atoms with E-state index in [-0.39, 0.29) is 24.8 Å². The summed E-state index contributed by atoms with van der Waals surface area (Å²) in [5.41, 5.74) is -0.377. The van der Waals surface area contributed by atoms with Gasteiger partial charge in [0.1, 0.15) is 11.9 Å². The number of aliphatic carboxylic acids is 1. The molecule has 1 aromatic rings. The minimum absolute atomic E-state index is 0.113. The summed E-state index contributed by atoms with van der Waals surface area (Å²) in [7, 11) is 3.47. The monoisotopic (exact) mass is 646 g/mol. The van der Waals surface area contributed by atoms with Gasteiger partial charge in [-0.15, -0.1) is 0 Å². The molecule has 0 saturated carbocycles. The van der Waals surface area contributed by atoms with E-state index in [9.17, 15) is 34.2 Å². The molecule has 1 amide bonds. The number of methoxy groups -OCH3 is 1. The summed E-state index contributed by atoms with van der Waals surface area (Å²) in [4.78, 5) is 63.6. The lowest BCUT2D eigenvalue weighted by Crippen LogP contribution is -2.74. The molecular weight excluding hydrogens is 608 g/mol. The molecule has 2 bridgehead atoms. The topological polar surface area (TPSA) is 207 Å². The van der Waals surface area contributed by atoms with Gasteiger partial charge < -0.3 is 49.2 Å². The Bertz CT molecular complexity index is 1470. The Balaban J connectivity index is 1.36. The van der Waals surface area contributed by atoms with Crippen LogP contribution in [-0.2, 0) is 50.0 Å². The van der Waals surface area contributed by atoms with Gasteiger partial charge in [-0.2, -0.15) is 0 Å². The molecule has 1 fully saturated rings. The second kappa shape index (κ2) is 12.5. The standard InChI is InChI=1S/C31H38N2O13/c1-15(34)27(37)32-11-8-22(35)45-20(29(40)43-16(2)28(38)39)14-23(36)44-19-7-9-31(41)21-13-17-5-6-18(42-4)25-24(17)30(31,26(19)46-25)10-12-33(21)3/h5-7,15-16,20-21,26,34,41H,8-14H2,1-4H3,(H,32,37)(H,38,39)/t15-,16-,20-,21+,26-,30-,31+/m0/s1. The van der Waals surface area contributed by atoms with E-state index in [4.69, 9.17) is 28.8 Å². The molecule has 46 heavy (non-hydrogen) atoms. The highest BCUT2D eigenvalue weighted by molar-refractivity contribution is 5.87. The van der Waals surface area contributed by atoms with Crippen LogP contribution in [0.2, 0.25) is 0 Å².